The number of ether oxygens (including phenoxy) is 1. The molecular formula is C27H35N5O3. The van der Waals surface area contributed by atoms with Crippen LogP contribution in [0.4, 0.5) is 16.3 Å². The monoisotopic (exact) mass is 477 g/mol. The topological polar surface area (TPSA) is 88.5 Å². The summed E-state index contributed by atoms with van der Waals surface area (Å²) in [5, 5.41) is 10.6. The zero-order valence-electron chi connectivity index (χ0n) is 21.4. The van der Waals surface area contributed by atoms with Gasteiger partial charge in [0.2, 0.25) is 5.91 Å². The molecule has 35 heavy (non-hydrogen) atoms. The third-order valence-electron chi connectivity index (χ3n) is 5.46. The van der Waals surface area contributed by atoms with Gasteiger partial charge in [0.1, 0.15) is 18.1 Å². The molecule has 0 fully saturated rings. The van der Waals surface area contributed by atoms with Crippen LogP contribution in [0.5, 0.6) is 5.75 Å². The van der Waals surface area contributed by atoms with Crippen molar-refractivity contribution < 1.29 is 14.3 Å². The van der Waals surface area contributed by atoms with E-state index in [4.69, 9.17) is 9.84 Å². The minimum absolute atomic E-state index is 0.0985. The van der Waals surface area contributed by atoms with Gasteiger partial charge in [0, 0.05) is 18.0 Å². The number of hydrogen-bond donors (Lipinski definition) is 2. The number of amides is 3. The number of aromatic nitrogens is 2. The Labute approximate surface area is 207 Å². The van der Waals surface area contributed by atoms with E-state index < -0.39 is 0 Å². The van der Waals surface area contributed by atoms with E-state index in [-0.39, 0.29) is 23.9 Å². The smallest absolute Gasteiger partial charge is 0.322 e. The van der Waals surface area contributed by atoms with Gasteiger partial charge < -0.3 is 20.3 Å². The summed E-state index contributed by atoms with van der Waals surface area (Å²) in [5.74, 6) is 0.813. The number of hydrogen-bond acceptors (Lipinski definition) is 4. The molecule has 0 unspecified atom stereocenters. The van der Waals surface area contributed by atoms with E-state index >= 15 is 0 Å². The Kier molecular flexibility index (Phi) is 8.17. The Morgan fingerprint density at radius 3 is 2.46 bits per heavy atom. The number of benzene rings is 2. The number of urea groups is 1. The van der Waals surface area contributed by atoms with Crippen molar-refractivity contribution in [2.24, 2.45) is 0 Å². The van der Waals surface area contributed by atoms with E-state index in [1.807, 2.05) is 56.3 Å². The van der Waals surface area contributed by atoms with Gasteiger partial charge in [-0.25, -0.2) is 9.48 Å². The maximum atomic E-state index is 13.1. The number of carbonyl (C=O) groups excluding carboxylic acids is 2. The highest BCUT2D eigenvalue weighted by molar-refractivity contribution is 5.97. The number of rotatable bonds is 8. The SMILES string of the molecule is CCCN(CC(=O)Nc1cc(C(C)(C)C)nn1-c1cccc(C)c1)C(=O)Nc1ccccc1OC. The summed E-state index contributed by atoms with van der Waals surface area (Å²) in [6, 6.07) is 16.6. The summed E-state index contributed by atoms with van der Waals surface area (Å²) in [6.07, 6.45) is 0.710. The summed E-state index contributed by atoms with van der Waals surface area (Å²) < 4.78 is 7.06. The van der Waals surface area contributed by atoms with Crippen LogP contribution in [0.25, 0.3) is 5.69 Å². The van der Waals surface area contributed by atoms with E-state index in [1.165, 1.54) is 4.90 Å². The van der Waals surface area contributed by atoms with E-state index in [0.29, 0.717) is 30.2 Å². The molecule has 2 N–H and O–H groups in total. The Bertz CT molecular complexity index is 1180. The first kappa shape index (κ1) is 25.8. The van der Waals surface area contributed by atoms with Crippen molar-refractivity contribution >= 4 is 23.4 Å². The third-order valence-corrected chi connectivity index (χ3v) is 5.46. The van der Waals surface area contributed by atoms with Gasteiger partial charge in [-0.15, -0.1) is 0 Å². The van der Waals surface area contributed by atoms with Crippen LogP contribution in [-0.4, -0.2) is 46.8 Å². The molecule has 1 heterocycles. The van der Waals surface area contributed by atoms with E-state index in [2.05, 4.69) is 31.4 Å². The number of carbonyl (C=O) groups is 2. The van der Waals surface area contributed by atoms with Gasteiger partial charge in [-0.1, -0.05) is 52.0 Å². The van der Waals surface area contributed by atoms with Crippen LogP contribution < -0.4 is 15.4 Å². The fourth-order valence-corrected chi connectivity index (χ4v) is 3.61. The Morgan fingerprint density at radius 2 is 1.80 bits per heavy atom. The highest BCUT2D eigenvalue weighted by Gasteiger charge is 2.23. The molecule has 8 heteroatoms. The van der Waals surface area contributed by atoms with Gasteiger partial charge >= 0.3 is 6.03 Å². The zero-order valence-corrected chi connectivity index (χ0v) is 21.4. The molecule has 186 valence electrons. The molecule has 3 rings (SSSR count). The zero-order chi connectivity index (χ0) is 25.6. The van der Waals surface area contributed by atoms with Crippen molar-refractivity contribution in [2.75, 3.05) is 30.8 Å². The third kappa shape index (κ3) is 6.62. The molecule has 3 aromatic rings. The number of nitrogens with zero attached hydrogens (tertiary/aromatic N) is 3. The Balaban J connectivity index is 1.81. The predicted molar refractivity (Wildman–Crippen MR) is 140 cm³/mol. The number of anilines is 2. The molecule has 0 aliphatic rings. The molecule has 0 aliphatic carbocycles. The fourth-order valence-electron chi connectivity index (χ4n) is 3.61. The summed E-state index contributed by atoms with van der Waals surface area (Å²) in [5.41, 5.74) is 3.16. The minimum Gasteiger partial charge on any atom is -0.495 e. The van der Waals surface area contributed by atoms with E-state index in [1.54, 1.807) is 23.9 Å². The summed E-state index contributed by atoms with van der Waals surface area (Å²) in [7, 11) is 1.55. The number of nitrogens with one attached hydrogen (secondary N) is 2. The molecular weight excluding hydrogens is 442 g/mol. The van der Waals surface area contributed by atoms with Crippen LogP contribution in [0.2, 0.25) is 0 Å². The van der Waals surface area contributed by atoms with Gasteiger partial charge in [0.05, 0.1) is 24.2 Å². The quantitative estimate of drug-likeness (QED) is 0.457. The number of methoxy groups -OCH3 is 1. The lowest BCUT2D eigenvalue weighted by Gasteiger charge is -2.22. The van der Waals surface area contributed by atoms with Gasteiger partial charge in [0.25, 0.3) is 0 Å². The lowest BCUT2D eigenvalue weighted by molar-refractivity contribution is -0.116. The average molecular weight is 478 g/mol. The van der Waals surface area contributed by atoms with Gasteiger partial charge in [0.15, 0.2) is 0 Å². The molecule has 3 amide bonds. The Hall–Kier alpha value is -3.81. The molecule has 0 bridgehead atoms. The van der Waals surface area contributed by atoms with Crippen molar-refractivity contribution in [3.63, 3.8) is 0 Å². The Morgan fingerprint density at radius 1 is 1.06 bits per heavy atom. The normalized spacial score (nSPS) is 11.1. The van der Waals surface area contributed by atoms with Crippen LogP contribution >= 0.6 is 0 Å². The molecule has 0 atom stereocenters. The molecule has 0 radical (unpaired) electrons. The second kappa shape index (κ2) is 11.1. The first-order valence-electron chi connectivity index (χ1n) is 11.8. The highest BCUT2D eigenvalue weighted by atomic mass is 16.5. The standard InChI is InChI=1S/C27H35N5O3/c1-7-15-31(26(34)28-21-13-8-9-14-22(21)35-6)18-25(33)29-24-17-23(27(3,4)5)30-32(24)20-12-10-11-19(2)16-20/h8-14,16-17H,7,15,18H2,1-6H3,(H,28,34)(H,29,33). The van der Waals surface area contributed by atoms with Gasteiger partial charge in [-0.05, 0) is 43.2 Å². The largest absolute Gasteiger partial charge is 0.495 e. The van der Waals surface area contributed by atoms with Crippen molar-refractivity contribution in [1.82, 2.24) is 14.7 Å². The molecule has 1 aromatic heterocycles. The summed E-state index contributed by atoms with van der Waals surface area (Å²) in [6.45, 7) is 10.5. The molecule has 0 aliphatic heterocycles. The lowest BCUT2D eigenvalue weighted by atomic mass is 9.92. The molecule has 0 saturated heterocycles. The first-order chi connectivity index (χ1) is 16.6. The summed E-state index contributed by atoms with van der Waals surface area (Å²) in [4.78, 5) is 27.6. The van der Waals surface area contributed by atoms with Crippen molar-refractivity contribution in [2.45, 2.75) is 46.5 Å². The second-order valence-corrected chi connectivity index (χ2v) is 9.52. The van der Waals surface area contributed by atoms with Crippen molar-refractivity contribution in [3.05, 3.63) is 65.9 Å². The number of aryl methyl sites for hydroxylation is 1. The van der Waals surface area contributed by atoms with Crippen molar-refractivity contribution in [3.8, 4) is 11.4 Å². The van der Waals surface area contributed by atoms with Crippen LogP contribution in [-0.2, 0) is 10.2 Å². The van der Waals surface area contributed by atoms with Crippen LogP contribution in [0.1, 0.15) is 45.4 Å². The molecule has 0 saturated carbocycles. The minimum atomic E-state index is -0.367. The second-order valence-electron chi connectivity index (χ2n) is 9.52. The van der Waals surface area contributed by atoms with Crippen LogP contribution in [0.15, 0.2) is 54.6 Å². The van der Waals surface area contributed by atoms with Crippen molar-refractivity contribution in [1.29, 1.82) is 0 Å². The molecule has 2 aromatic carbocycles. The van der Waals surface area contributed by atoms with E-state index in [0.717, 1.165) is 16.9 Å². The predicted octanol–water partition coefficient (Wildman–Crippen LogP) is 5.37. The maximum Gasteiger partial charge on any atom is 0.322 e. The van der Waals surface area contributed by atoms with Crippen LogP contribution in [0.3, 0.4) is 0 Å². The molecule has 0 spiro atoms. The highest BCUT2D eigenvalue weighted by Crippen LogP contribution is 2.27. The fraction of sp³-hybridized carbons (Fsp3) is 0.370. The maximum absolute atomic E-state index is 13.1. The molecule has 8 nitrogen and oxygen atoms in total. The van der Waals surface area contributed by atoms with E-state index in [9.17, 15) is 9.59 Å². The van der Waals surface area contributed by atoms with Gasteiger partial charge in [-0.3, -0.25) is 4.79 Å². The summed E-state index contributed by atoms with van der Waals surface area (Å²) >= 11 is 0. The lowest BCUT2D eigenvalue weighted by Crippen LogP contribution is -2.41. The number of para-hydroxylation sites is 2. The van der Waals surface area contributed by atoms with Gasteiger partial charge in [-0.2, -0.15) is 5.10 Å². The van der Waals surface area contributed by atoms with Crippen LogP contribution in [0, 0.1) is 6.92 Å². The average Bonchev–Trinajstić information content (AvgIpc) is 3.23. The first-order valence-corrected chi connectivity index (χ1v) is 11.8.